The summed E-state index contributed by atoms with van der Waals surface area (Å²) in [7, 11) is 1.70. The van der Waals surface area contributed by atoms with Gasteiger partial charge in [0.25, 0.3) is 5.91 Å². The molecule has 1 unspecified atom stereocenters. The van der Waals surface area contributed by atoms with Gasteiger partial charge in [-0.15, -0.1) is 0 Å². The van der Waals surface area contributed by atoms with Crippen LogP contribution in [0.25, 0.3) is 0 Å². The molecule has 1 fully saturated rings. The number of nitrogens with one attached hydrogen (secondary N) is 1. The van der Waals surface area contributed by atoms with Crippen LogP contribution in [0.2, 0.25) is 0 Å². The Morgan fingerprint density at radius 1 is 1.20 bits per heavy atom. The van der Waals surface area contributed by atoms with E-state index in [4.69, 9.17) is 4.74 Å². The Bertz CT molecular complexity index is 712. The lowest BCUT2D eigenvalue weighted by Crippen LogP contribution is -2.47. The Morgan fingerprint density at radius 3 is 2.68 bits per heavy atom. The predicted molar refractivity (Wildman–Crippen MR) is 102 cm³/mol. The monoisotopic (exact) mass is 338 g/mol. The smallest absolute Gasteiger partial charge is 0.251 e. The van der Waals surface area contributed by atoms with Gasteiger partial charge in [-0.1, -0.05) is 31.2 Å². The molecule has 3 rings (SSSR count). The van der Waals surface area contributed by atoms with E-state index in [0.717, 1.165) is 49.4 Å². The Labute approximate surface area is 149 Å². The SMILES string of the molecule is CCc1ccc(C(=O)NC2CCCN(c3ccccc3OC)C2)cc1. The molecular weight excluding hydrogens is 312 g/mol. The number of aryl methyl sites for hydroxylation is 1. The van der Waals surface area contributed by atoms with Gasteiger partial charge in [-0.05, 0) is 49.1 Å². The lowest BCUT2D eigenvalue weighted by Gasteiger charge is -2.35. The Hall–Kier alpha value is -2.49. The van der Waals surface area contributed by atoms with Crippen LogP contribution in [0.15, 0.2) is 48.5 Å². The van der Waals surface area contributed by atoms with E-state index < -0.39 is 0 Å². The normalized spacial score (nSPS) is 17.2. The van der Waals surface area contributed by atoms with Gasteiger partial charge in [-0.25, -0.2) is 0 Å². The van der Waals surface area contributed by atoms with Crippen LogP contribution in [0, 0.1) is 0 Å². The number of piperidine rings is 1. The lowest BCUT2D eigenvalue weighted by atomic mass is 10.0. The maximum Gasteiger partial charge on any atom is 0.251 e. The summed E-state index contributed by atoms with van der Waals surface area (Å²) in [5.74, 6) is 0.888. The van der Waals surface area contributed by atoms with Gasteiger partial charge in [-0.3, -0.25) is 4.79 Å². The van der Waals surface area contributed by atoms with Gasteiger partial charge in [0.05, 0.1) is 12.8 Å². The largest absolute Gasteiger partial charge is 0.495 e. The van der Waals surface area contributed by atoms with Crippen LogP contribution in [0.1, 0.15) is 35.7 Å². The van der Waals surface area contributed by atoms with Crippen LogP contribution in [0.5, 0.6) is 5.75 Å². The molecule has 1 aliphatic rings. The van der Waals surface area contributed by atoms with Gasteiger partial charge < -0.3 is 15.0 Å². The molecule has 1 aliphatic heterocycles. The summed E-state index contributed by atoms with van der Waals surface area (Å²) in [6, 6.07) is 16.1. The van der Waals surface area contributed by atoms with Crippen molar-refractivity contribution in [1.82, 2.24) is 5.32 Å². The molecule has 4 nitrogen and oxygen atoms in total. The Morgan fingerprint density at radius 2 is 1.96 bits per heavy atom. The average molecular weight is 338 g/mol. The zero-order valence-corrected chi connectivity index (χ0v) is 15.0. The predicted octanol–water partition coefficient (Wildman–Crippen LogP) is 3.66. The zero-order valence-electron chi connectivity index (χ0n) is 15.0. The van der Waals surface area contributed by atoms with Crippen molar-refractivity contribution in [1.29, 1.82) is 0 Å². The van der Waals surface area contributed by atoms with E-state index in [0.29, 0.717) is 0 Å². The molecule has 1 atom stereocenters. The maximum absolute atomic E-state index is 12.5. The van der Waals surface area contributed by atoms with Crippen molar-refractivity contribution in [2.75, 3.05) is 25.1 Å². The molecule has 0 aromatic heterocycles. The number of ether oxygens (including phenoxy) is 1. The second kappa shape index (κ2) is 8.06. The third-order valence-electron chi connectivity index (χ3n) is 4.81. The van der Waals surface area contributed by atoms with Crippen LogP contribution < -0.4 is 15.0 Å². The minimum absolute atomic E-state index is 0.00882. The van der Waals surface area contributed by atoms with Crippen molar-refractivity contribution in [2.45, 2.75) is 32.2 Å². The van der Waals surface area contributed by atoms with Crippen molar-refractivity contribution >= 4 is 11.6 Å². The molecular formula is C21H26N2O2. The minimum Gasteiger partial charge on any atom is -0.495 e. The summed E-state index contributed by atoms with van der Waals surface area (Å²) in [4.78, 5) is 14.8. The van der Waals surface area contributed by atoms with Gasteiger partial charge in [-0.2, -0.15) is 0 Å². The van der Waals surface area contributed by atoms with Crippen molar-refractivity contribution in [3.63, 3.8) is 0 Å². The molecule has 0 spiro atoms. The number of hydrogen-bond acceptors (Lipinski definition) is 3. The molecule has 1 heterocycles. The number of benzene rings is 2. The zero-order chi connectivity index (χ0) is 17.6. The number of carbonyl (C=O) groups is 1. The molecule has 2 aromatic carbocycles. The fraction of sp³-hybridized carbons (Fsp3) is 0.381. The fourth-order valence-corrected chi connectivity index (χ4v) is 3.37. The summed E-state index contributed by atoms with van der Waals surface area (Å²) in [5.41, 5.74) is 3.07. The number of carbonyl (C=O) groups excluding carboxylic acids is 1. The molecule has 1 saturated heterocycles. The van der Waals surface area contributed by atoms with Crippen molar-refractivity contribution < 1.29 is 9.53 Å². The highest BCUT2D eigenvalue weighted by molar-refractivity contribution is 5.94. The molecule has 0 saturated carbocycles. The molecule has 0 bridgehead atoms. The minimum atomic E-state index is 0.00882. The van der Waals surface area contributed by atoms with Gasteiger partial charge in [0.1, 0.15) is 5.75 Å². The summed E-state index contributed by atoms with van der Waals surface area (Å²) < 4.78 is 5.48. The van der Waals surface area contributed by atoms with Crippen LogP contribution >= 0.6 is 0 Å². The number of rotatable bonds is 5. The molecule has 1 N–H and O–H groups in total. The van der Waals surface area contributed by atoms with Crippen LogP contribution in [0.3, 0.4) is 0 Å². The molecule has 0 aliphatic carbocycles. The van der Waals surface area contributed by atoms with Crippen LogP contribution in [-0.4, -0.2) is 32.1 Å². The number of amides is 1. The summed E-state index contributed by atoms with van der Waals surface area (Å²) in [5, 5.41) is 3.19. The highest BCUT2D eigenvalue weighted by Crippen LogP contribution is 2.29. The molecule has 25 heavy (non-hydrogen) atoms. The topological polar surface area (TPSA) is 41.6 Å². The molecule has 1 amide bonds. The van der Waals surface area contributed by atoms with E-state index >= 15 is 0 Å². The third kappa shape index (κ3) is 4.13. The van der Waals surface area contributed by atoms with E-state index in [2.05, 4.69) is 23.2 Å². The quantitative estimate of drug-likeness (QED) is 0.905. The number of para-hydroxylation sites is 2. The first-order valence-corrected chi connectivity index (χ1v) is 8.99. The van der Waals surface area contributed by atoms with Gasteiger partial charge in [0.15, 0.2) is 0 Å². The van der Waals surface area contributed by atoms with E-state index in [9.17, 15) is 4.79 Å². The van der Waals surface area contributed by atoms with Crippen molar-refractivity contribution in [2.24, 2.45) is 0 Å². The van der Waals surface area contributed by atoms with Crippen molar-refractivity contribution in [3.8, 4) is 5.75 Å². The van der Waals surface area contributed by atoms with E-state index in [-0.39, 0.29) is 11.9 Å². The van der Waals surface area contributed by atoms with E-state index in [1.54, 1.807) is 7.11 Å². The number of hydrogen-bond donors (Lipinski definition) is 1. The lowest BCUT2D eigenvalue weighted by molar-refractivity contribution is 0.0933. The number of nitrogens with zero attached hydrogens (tertiary/aromatic N) is 1. The molecule has 2 aromatic rings. The second-order valence-electron chi connectivity index (χ2n) is 6.48. The third-order valence-corrected chi connectivity index (χ3v) is 4.81. The molecule has 132 valence electrons. The van der Waals surface area contributed by atoms with Gasteiger partial charge in [0, 0.05) is 24.7 Å². The molecule has 0 radical (unpaired) electrons. The van der Waals surface area contributed by atoms with Gasteiger partial charge in [0.2, 0.25) is 0 Å². The van der Waals surface area contributed by atoms with Gasteiger partial charge >= 0.3 is 0 Å². The number of methoxy groups -OCH3 is 1. The summed E-state index contributed by atoms with van der Waals surface area (Å²) in [6.45, 7) is 3.90. The number of anilines is 1. The highest BCUT2D eigenvalue weighted by atomic mass is 16.5. The van der Waals surface area contributed by atoms with Crippen LogP contribution in [-0.2, 0) is 6.42 Å². The van der Waals surface area contributed by atoms with E-state index in [1.165, 1.54) is 5.56 Å². The van der Waals surface area contributed by atoms with E-state index in [1.807, 2.05) is 42.5 Å². The first-order valence-electron chi connectivity index (χ1n) is 8.99. The Balaban J connectivity index is 1.65. The first-order chi connectivity index (χ1) is 12.2. The highest BCUT2D eigenvalue weighted by Gasteiger charge is 2.23. The standard InChI is InChI=1S/C21H26N2O2/c1-3-16-10-12-17(13-11-16)21(24)22-18-7-6-14-23(15-18)19-8-4-5-9-20(19)25-2/h4-5,8-13,18H,3,6-7,14-15H2,1-2H3,(H,22,24). The van der Waals surface area contributed by atoms with Crippen LogP contribution in [0.4, 0.5) is 5.69 Å². The van der Waals surface area contributed by atoms with Crippen molar-refractivity contribution in [3.05, 3.63) is 59.7 Å². The maximum atomic E-state index is 12.5. The Kier molecular flexibility index (Phi) is 5.59. The molecule has 4 heteroatoms. The summed E-state index contributed by atoms with van der Waals surface area (Å²) in [6.07, 6.45) is 3.04. The second-order valence-corrected chi connectivity index (χ2v) is 6.48. The summed E-state index contributed by atoms with van der Waals surface area (Å²) >= 11 is 0. The first kappa shape index (κ1) is 17.3. The fourth-order valence-electron chi connectivity index (χ4n) is 3.37. The average Bonchev–Trinajstić information content (AvgIpc) is 2.68.